The predicted octanol–water partition coefficient (Wildman–Crippen LogP) is 3.81. The highest BCUT2D eigenvalue weighted by molar-refractivity contribution is 8.02. The molecule has 4 aromatic rings. The second kappa shape index (κ2) is 11.8. The van der Waals surface area contributed by atoms with Gasteiger partial charge in [-0.05, 0) is 36.4 Å². The molecule has 0 aliphatic carbocycles. The molecular weight excluding hydrogens is 529 g/mol. The lowest BCUT2D eigenvalue weighted by Gasteiger charge is -2.10. The van der Waals surface area contributed by atoms with E-state index >= 15 is 0 Å². The Hall–Kier alpha value is -3.40. The number of anilines is 4. The van der Waals surface area contributed by atoms with Gasteiger partial charge in [0.15, 0.2) is 8.68 Å². The Morgan fingerprint density at radius 2 is 1.34 bits per heavy atom. The zero-order valence-corrected chi connectivity index (χ0v) is 21.1. The number of carbonyl (C=O) groups excluding carboxylic acids is 2. The number of carbonyl (C=O) groups is 2. The summed E-state index contributed by atoms with van der Waals surface area (Å²) in [6.45, 7) is 0. The molecule has 0 aliphatic heterocycles. The molecule has 0 saturated heterocycles. The Balaban J connectivity index is 1.25. The summed E-state index contributed by atoms with van der Waals surface area (Å²) >= 11 is 5.00. The number of rotatable bonds is 10. The average molecular weight is 547 g/mol. The van der Waals surface area contributed by atoms with Gasteiger partial charge in [-0.25, -0.2) is 0 Å². The van der Waals surface area contributed by atoms with Gasteiger partial charge in [0.25, 0.3) is 0 Å². The van der Waals surface area contributed by atoms with Gasteiger partial charge in [-0.3, -0.25) is 9.59 Å². The van der Waals surface area contributed by atoms with Crippen molar-refractivity contribution >= 4 is 79.6 Å². The molecule has 2 amide bonds. The number of nitrogen functional groups attached to an aromatic ring is 2. The van der Waals surface area contributed by atoms with Crippen molar-refractivity contribution in [3.8, 4) is 11.5 Å². The maximum atomic E-state index is 12.2. The maximum Gasteiger partial charge on any atom is 0.234 e. The van der Waals surface area contributed by atoms with E-state index < -0.39 is 0 Å². The molecule has 0 radical (unpaired) electrons. The van der Waals surface area contributed by atoms with E-state index in [0.29, 0.717) is 41.8 Å². The molecule has 0 bridgehead atoms. The summed E-state index contributed by atoms with van der Waals surface area (Å²) in [5.74, 6) is 1.15. The molecule has 0 aliphatic rings. The van der Waals surface area contributed by atoms with Crippen LogP contribution in [0.4, 0.5) is 21.6 Å². The van der Waals surface area contributed by atoms with E-state index in [9.17, 15) is 9.59 Å². The van der Waals surface area contributed by atoms with Gasteiger partial charge in [-0.15, -0.1) is 20.4 Å². The topological polar surface area (TPSA) is 171 Å². The molecule has 11 nitrogen and oxygen atoms in total. The number of nitrogens with two attached hydrogens (primary N) is 2. The van der Waals surface area contributed by atoms with Crippen LogP contribution in [-0.4, -0.2) is 43.7 Å². The van der Waals surface area contributed by atoms with Crippen LogP contribution in [0.2, 0.25) is 0 Å². The standard InChI is InChI=1S/C20H18N8O3S4/c21-17-25-27-19(34-17)32-9-15(29)23-11-4-6-13(7-5-11)31-14-3-1-2-12(8-14)24-16(30)10-33-20-28-26-18(22)35-20/h1-8H,9-10H2,(H2,21,25)(H2,22,26)(H,23,29)(H,24,30). The van der Waals surface area contributed by atoms with Crippen LogP contribution >= 0.6 is 46.2 Å². The first-order chi connectivity index (χ1) is 16.9. The minimum Gasteiger partial charge on any atom is -0.457 e. The summed E-state index contributed by atoms with van der Waals surface area (Å²) in [6, 6.07) is 14.0. The quantitative estimate of drug-likeness (QED) is 0.213. The zero-order chi connectivity index (χ0) is 24.6. The Morgan fingerprint density at radius 1 is 0.771 bits per heavy atom. The largest absolute Gasteiger partial charge is 0.457 e. The summed E-state index contributed by atoms with van der Waals surface area (Å²) in [5.41, 5.74) is 12.3. The van der Waals surface area contributed by atoms with Crippen molar-refractivity contribution in [2.75, 3.05) is 33.6 Å². The van der Waals surface area contributed by atoms with Gasteiger partial charge in [0, 0.05) is 17.4 Å². The first-order valence-corrected chi connectivity index (χ1v) is 13.4. The first kappa shape index (κ1) is 24.7. The van der Waals surface area contributed by atoms with Gasteiger partial charge in [-0.2, -0.15) is 0 Å². The first-order valence-electron chi connectivity index (χ1n) is 9.84. The minimum atomic E-state index is -0.186. The molecule has 0 saturated carbocycles. The van der Waals surface area contributed by atoms with Crippen molar-refractivity contribution in [3.05, 3.63) is 48.5 Å². The van der Waals surface area contributed by atoms with Gasteiger partial charge >= 0.3 is 0 Å². The Labute approximate surface area is 216 Å². The second-order valence-electron chi connectivity index (χ2n) is 6.64. The van der Waals surface area contributed by atoms with Gasteiger partial charge < -0.3 is 26.8 Å². The van der Waals surface area contributed by atoms with E-state index in [0.717, 1.165) is 0 Å². The van der Waals surface area contributed by atoms with Gasteiger partial charge in [-0.1, -0.05) is 52.3 Å². The maximum absolute atomic E-state index is 12.2. The number of hydrogen-bond acceptors (Lipinski definition) is 13. The third-order valence-electron chi connectivity index (χ3n) is 3.99. The monoisotopic (exact) mass is 546 g/mol. The summed E-state index contributed by atoms with van der Waals surface area (Å²) in [7, 11) is 0. The van der Waals surface area contributed by atoms with Crippen LogP contribution in [0.5, 0.6) is 11.5 Å². The summed E-state index contributed by atoms with van der Waals surface area (Å²) in [5, 5.41) is 21.5. The number of thioether (sulfide) groups is 2. The Morgan fingerprint density at radius 3 is 1.89 bits per heavy atom. The molecule has 0 unspecified atom stereocenters. The summed E-state index contributed by atoms with van der Waals surface area (Å²) < 4.78 is 7.14. The van der Waals surface area contributed by atoms with Crippen LogP contribution in [-0.2, 0) is 9.59 Å². The smallest absolute Gasteiger partial charge is 0.234 e. The van der Waals surface area contributed by atoms with E-state index in [1.54, 1.807) is 48.5 Å². The minimum absolute atomic E-state index is 0.173. The van der Waals surface area contributed by atoms with Crippen LogP contribution in [0.15, 0.2) is 57.2 Å². The van der Waals surface area contributed by atoms with Crippen LogP contribution in [0.3, 0.4) is 0 Å². The highest BCUT2D eigenvalue weighted by atomic mass is 32.2. The van der Waals surface area contributed by atoms with E-state index in [4.69, 9.17) is 16.2 Å². The van der Waals surface area contributed by atoms with Gasteiger partial charge in [0.05, 0.1) is 11.5 Å². The second-order valence-corrected chi connectivity index (χ2v) is 11.1. The van der Waals surface area contributed by atoms with Crippen molar-refractivity contribution in [3.63, 3.8) is 0 Å². The normalized spacial score (nSPS) is 10.6. The fourth-order valence-corrected chi connectivity index (χ4v) is 5.46. The van der Waals surface area contributed by atoms with Crippen LogP contribution in [0, 0.1) is 0 Å². The molecule has 2 aromatic heterocycles. The Bertz CT molecular complexity index is 1310. The van der Waals surface area contributed by atoms with E-state index in [1.807, 2.05) is 0 Å². The van der Waals surface area contributed by atoms with Crippen molar-refractivity contribution in [2.45, 2.75) is 8.68 Å². The molecule has 35 heavy (non-hydrogen) atoms. The molecular formula is C20H18N8O3S4. The highest BCUT2D eigenvalue weighted by Gasteiger charge is 2.09. The number of nitrogens with zero attached hydrogens (tertiary/aromatic N) is 4. The average Bonchev–Trinajstić information content (AvgIpc) is 3.45. The lowest BCUT2D eigenvalue weighted by atomic mass is 10.2. The predicted molar refractivity (Wildman–Crippen MR) is 140 cm³/mol. The van der Waals surface area contributed by atoms with E-state index in [2.05, 4.69) is 31.0 Å². The molecule has 180 valence electrons. The third-order valence-corrected chi connectivity index (χ3v) is 7.76. The molecule has 2 heterocycles. The lowest BCUT2D eigenvalue weighted by molar-refractivity contribution is -0.114. The number of ether oxygens (including phenoxy) is 1. The number of hydrogen-bond donors (Lipinski definition) is 4. The van der Waals surface area contributed by atoms with Crippen molar-refractivity contribution in [2.24, 2.45) is 0 Å². The summed E-state index contributed by atoms with van der Waals surface area (Å²) in [4.78, 5) is 24.4. The number of amides is 2. The lowest BCUT2D eigenvalue weighted by Crippen LogP contribution is -2.14. The molecule has 15 heteroatoms. The van der Waals surface area contributed by atoms with E-state index in [1.165, 1.54) is 46.2 Å². The zero-order valence-electron chi connectivity index (χ0n) is 17.8. The molecule has 4 rings (SSSR count). The van der Waals surface area contributed by atoms with Crippen molar-refractivity contribution < 1.29 is 14.3 Å². The molecule has 6 N–H and O–H groups in total. The molecule has 0 atom stereocenters. The number of aromatic nitrogens is 4. The van der Waals surface area contributed by atoms with Crippen LogP contribution in [0.25, 0.3) is 0 Å². The fourth-order valence-electron chi connectivity index (χ4n) is 2.59. The molecule has 2 aromatic carbocycles. The number of benzene rings is 2. The third kappa shape index (κ3) is 7.81. The highest BCUT2D eigenvalue weighted by Crippen LogP contribution is 2.27. The van der Waals surface area contributed by atoms with Crippen LogP contribution in [0.1, 0.15) is 0 Å². The van der Waals surface area contributed by atoms with Crippen molar-refractivity contribution in [1.82, 2.24) is 20.4 Å². The fraction of sp³-hybridized carbons (Fsp3) is 0.100. The SMILES string of the molecule is Nc1nnc(SCC(=O)Nc2ccc(Oc3cccc(NC(=O)CSc4nnc(N)s4)c3)cc2)s1. The van der Waals surface area contributed by atoms with E-state index in [-0.39, 0.29) is 23.3 Å². The van der Waals surface area contributed by atoms with Crippen molar-refractivity contribution in [1.29, 1.82) is 0 Å². The number of nitrogens with one attached hydrogen (secondary N) is 2. The van der Waals surface area contributed by atoms with Crippen LogP contribution < -0.4 is 26.8 Å². The van der Waals surface area contributed by atoms with Gasteiger partial charge in [0.2, 0.25) is 22.1 Å². The van der Waals surface area contributed by atoms with Gasteiger partial charge in [0.1, 0.15) is 11.5 Å². The summed E-state index contributed by atoms with van der Waals surface area (Å²) in [6.07, 6.45) is 0. The molecule has 0 fully saturated rings. The Kier molecular flexibility index (Phi) is 8.36. The molecule has 0 spiro atoms.